The lowest BCUT2D eigenvalue weighted by Crippen LogP contribution is -2.25. The number of hydrogen-bond donors (Lipinski definition) is 1. The van der Waals surface area contributed by atoms with Gasteiger partial charge in [-0.3, -0.25) is 0 Å². The molecular weight excluding hydrogens is 262 g/mol. The van der Waals surface area contributed by atoms with Crippen LogP contribution in [0.15, 0.2) is 22.7 Å². The predicted molar refractivity (Wildman–Crippen MR) is 72.9 cm³/mol. The highest BCUT2D eigenvalue weighted by molar-refractivity contribution is 9.10. The van der Waals surface area contributed by atoms with Crippen LogP contribution in [0.3, 0.4) is 0 Å². The lowest BCUT2D eigenvalue weighted by atomic mass is 10.1. The van der Waals surface area contributed by atoms with E-state index in [-0.39, 0.29) is 0 Å². The Balaban J connectivity index is 1.95. The van der Waals surface area contributed by atoms with E-state index in [4.69, 9.17) is 0 Å². The third kappa shape index (κ3) is 2.86. The van der Waals surface area contributed by atoms with Gasteiger partial charge in [-0.25, -0.2) is 0 Å². The normalized spacial score (nSPS) is 23.8. The summed E-state index contributed by atoms with van der Waals surface area (Å²) in [4.78, 5) is 0. The molecule has 1 fully saturated rings. The van der Waals surface area contributed by atoms with E-state index in [1.165, 1.54) is 22.0 Å². The first-order valence-electron chi connectivity index (χ1n) is 6.07. The summed E-state index contributed by atoms with van der Waals surface area (Å²) >= 11 is 3.67. The lowest BCUT2D eigenvalue weighted by molar-refractivity contribution is 0.554. The summed E-state index contributed by atoms with van der Waals surface area (Å²) in [6, 6.07) is 7.31. The first kappa shape index (κ1) is 12.1. The molecule has 2 heteroatoms. The SMILES string of the molecule is Cc1ccc(C2CC2CNC(C)C)c(Br)c1. The topological polar surface area (TPSA) is 12.0 Å². The molecule has 0 spiro atoms. The van der Waals surface area contributed by atoms with Gasteiger partial charge in [-0.1, -0.05) is 41.9 Å². The number of hydrogen-bond acceptors (Lipinski definition) is 1. The van der Waals surface area contributed by atoms with E-state index in [2.05, 4.69) is 60.2 Å². The Bertz CT molecular complexity index is 373. The highest BCUT2D eigenvalue weighted by Crippen LogP contribution is 2.49. The molecule has 0 aliphatic heterocycles. The Labute approximate surface area is 107 Å². The van der Waals surface area contributed by atoms with Gasteiger partial charge in [-0.15, -0.1) is 0 Å². The van der Waals surface area contributed by atoms with Crippen LogP contribution < -0.4 is 5.32 Å². The van der Waals surface area contributed by atoms with Crippen molar-refractivity contribution in [3.05, 3.63) is 33.8 Å². The number of aryl methyl sites for hydroxylation is 1. The van der Waals surface area contributed by atoms with E-state index < -0.39 is 0 Å². The summed E-state index contributed by atoms with van der Waals surface area (Å²) in [6.07, 6.45) is 1.33. The standard InChI is InChI=1S/C14H20BrN/c1-9(2)16-8-11-7-13(11)12-5-4-10(3)6-14(12)15/h4-6,9,11,13,16H,7-8H2,1-3H3. The third-order valence-corrected chi connectivity index (χ3v) is 3.95. The van der Waals surface area contributed by atoms with Gasteiger partial charge in [0, 0.05) is 10.5 Å². The maximum Gasteiger partial charge on any atom is 0.0212 e. The second-order valence-electron chi connectivity index (χ2n) is 5.19. The Morgan fingerprint density at radius 2 is 2.19 bits per heavy atom. The average Bonchev–Trinajstić information content (AvgIpc) is 2.94. The van der Waals surface area contributed by atoms with E-state index >= 15 is 0 Å². The van der Waals surface area contributed by atoms with Crippen molar-refractivity contribution in [2.75, 3.05) is 6.54 Å². The highest BCUT2D eigenvalue weighted by Gasteiger charge is 2.38. The van der Waals surface area contributed by atoms with Gasteiger partial charge in [-0.2, -0.15) is 0 Å². The van der Waals surface area contributed by atoms with Crippen LogP contribution in [-0.2, 0) is 0 Å². The Kier molecular flexibility index (Phi) is 3.70. The van der Waals surface area contributed by atoms with Gasteiger partial charge in [0.2, 0.25) is 0 Å². The van der Waals surface area contributed by atoms with Gasteiger partial charge in [0.25, 0.3) is 0 Å². The summed E-state index contributed by atoms with van der Waals surface area (Å²) < 4.78 is 1.28. The van der Waals surface area contributed by atoms with Crippen molar-refractivity contribution in [3.8, 4) is 0 Å². The summed E-state index contributed by atoms with van der Waals surface area (Å²) in [5, 5.41) is 3.52. The van der Waals surface area contributed by atoms with Gasteiger partial charge in [0.15, 0.2) is 0 Å². The van der Waals surface area contributed by atoms with Crippen LogP contribution in [-0.4, -0.2) is 12.6 Å². The quantitative estimate of drug-likeness (QED) is 0.884. The van der Waals surface area contributed by atoms with Gasteiger partial charge >= 0.3 is 0 Å². The summed E-state index contributed by atoms with van der Waals surface area (Å²) in [7, 11) is 0. The minimum Gasteiger partial charge on any atom is -0.314 e. The van der Waals surface area contributed by atoms with Crippen LogP contribution in [0.25, 0.3) is 0 Å². The van der Waals surface area contributed by atoms with Crippen LogP contribution in [0, 0.1) is 12.8 Å². The maximum atomic E-state index is 3.67. The number of rotatable bonds is 4. The molecule has 1 nitrogen and oxygen atoms in total. The molecule has 1 aliphatic rings. The molecule has 88 valence electrons. The van der Waals surface area contributed by atoms with Crippen LogP contribution >= 0.6 is 15.9 Å². The first-order valence-corrected chi connectivity index (χ1v) is 6.86. The first-order chi connectivity index (χ1) is 7.58. The zero-order chi connectivity index (χ0) is 11.7. The van der Waals surface area contributed by atoms with Crippen molar-refractivity contribution < 1.29 is 0 Å². The van der Waals surface area contributed by atoms with E-state index in [0.717, 1.165) is 18.4 Å². The smallest absolute Gasteiger partial charge is 0.0212 e. The summed E-state index contributed by atoms with van der Waals surface area (Å²) in [6.45, 7) is 7.71. The summed E-state index contributed by atoms with van der Waals surface area (Å²) in [5.41, 5.74) is 2.81. The van der Waals surface area contributed by atoms with Crippen molar-refractivity contribution in [2.45, 2.75) is 39.2 Å². The molecule has 1 saturated carbocycles. The van der Waals surface area contributed by atoms with Crippen molar-refractivity contribution in [3.63, 3.8) is 0 Å². The fraction of sp³-hybridized carbons (Fsp3) is 0.571. The van der Waals surface area contributed by atoms with Crippen LogP contribution in [0.2, 0.25) is 0 Å². The van der Waals surface area contributed by atoms with Crippen molar-refractivity contribution in [1.29, 1.82) is 0 Å². The minimum atomic E-state index is 0.600. The van der Waals surface area contributed by atoms with E-state index in [9.17, 15) is 0 Å². The second-order valence-corrected chi connectivity index (χ2v) is 6.04. The zero-order valence-corrected chi connectivity index (χ0v) is 11.8. The number of benzene rings is 1. The van der Waals surface area contributed by atoms with Crippen molar-refractivity contribution >= 4 is 15.9 Å². The molecule has 2 unspecified atom stereocenters. The van der Waals surface area contributed by atoms with Gasteiger partial charge in [0.1, 0.15) is 0 Å². The fourth-order valence-corrected chi connectivity index (χ4v) is 2.96. The molecule has 2 atom stereocenters. The Morgan fingerprint density at radius 3 is 2.81 bits per heavy atom. The van der Waals surface area contributed by atoms with Crippen LogP contribution in [0.5, 0.6) is 0 Å². The molecule has 0 aromatic heterocycles. The van der Waals surface area contributed by atoms with Gasteiger partial charge in [-0.05, 0) is 48.9 Å². The molecule has 0 amide bonds. The average molecular weight is 282 g/mol. The Hall–Kier alpha value is -0.340. The molecule has 0 saturated heterocycles. The molecule has 2 rings (SSSR count). The minimum absolute atomic E-state index is 0.600. The zero-order valence-electron chi connectivity index (χ0n) is 10.3. The van der Waals surface area contributed by atoms with E-state index in [0.29, 0.717) is 6.04 Å². The second kappa shape index (κ2) is 4.89. The molecule has 1 aliphatic carbocycles. The maximum absolute atomic E-state index is 3.67. The molecule has 0 bridgehead atoms. The number of halogens is 1. The van der Waals surface area contributed by atoms with E-state index in [1.807, 2.05) is 0 Å². The van der Waals surface area contributed by atoms with Gasteiger partial charge < -0.3 is 5.32 Å². The highest BCUT2D eigenvalue weighted by atomic mass is 79.9. The van der Waals surface area contributed by atoms with E-state index in [1.54, 1.807) is 0 Å². The predicted octanol–water partition coefficient (Wildman–Crippen LogP) is 3.86. The molecule has 16 heavy (non-hydrogen) atoms. The fourth-order valence-electron chi connectivity index (χ4n) is 2.17. The van der Waals surface area contributed by atoms with Crippen molar-refractivity contribution in [1.82, 2.24) is 5.32 Å². The Morgan fingerprint density at radius 1 is 1.44 bits per heavy atom. The lowest BCUT2D eigenvalue weighted by Gasteiger charge is -2.08. The monoisotopic (exact) mass is 281 g/mol. The molecule has 1 N–H and O–H groups in total. The molecule has 0 radical (unpaired) electrons. The largest absolute Gasteiger partial charge is 0.314 e. The molecular formula is C14H20BrN. The van der Waals surface area contributed by atoms with Crippen molar-refractivity contribution in [2.24, 2.45) is 5.92 Å². The van der Waals surface area contributed by atoms with Gasteiger partial charge in [0.05, 0.1) is 0 Å². The van der Waals surface area contributed by atoms with Crippen LogP contribution in [0.1, 0.15) is 37.3 Å². The number of nitrogens with one attached hydrogen (secondary N) is 1. The van der Waals surface area contributed by atoms with Crippen LogP contribution in [0.4, 0.5) is 0 Å². The molecule has 0 heterocycles. The third-order valence-electron chi connectivity index (χ3n) is 3.27. The summed E-state index contributed by atoms with van der Waals surface area (Å²) in [5.74, 6) is 1.60. The molecule has 1 aromatic rings. The molecule has 1 aromatic carbocycles.